The van der Waals surface area contributed by atoms with Crippen LogP contribution in [0.1, 0.15) is 152 Å². The average molecular weight is 511 g/mol. The van der Waals surface area contributed by atoms with Gasteiger partial charge in [-0.1, -0.05) is 116 Å². The number of rotatable bonds is 14. The summed E-state index contributed by atoms with van der Waals surface area (Å²) in [6.45, 7) is 2.28. The first-order chi connectivity index (χ1) is 17.4. The zero-order valence-electron chi connectivity index (χ0n) is 22.7. The summed E-state index contributed by atoms with van der Waals surface area (Å²) >= 11 is 0. The highest BCUT2D eigenvalue weighted by Crippen LogP contribution is 2.41. The quantitative estimate of drug-likeness (QED) is 0.172. The minimum absolute atomic E-state index is 0.0695. The van der Waals surface area contributed by atoms with E-state index in [0.29, 0.717) is 17.5 Å². The molecule has 0 nitrogen and oxygen atoms in total. The molecule has 0 amide bonds. The lowest BCUT2D eigenvalue weighted by Gasteiger charge is -2.32. The fourth-order valence-electron chi connectivity index (χ4n) is 6.82. The molecule has 0 aliphatic heterocycles. The predicted octanol–water partition coefficient (Wildman–Crippen LogP) is 11.6. The molecule has 0 saturated heterocycles. The number of benzene rings is 1. The fraction of sp³-hybridized carbons (Fsp3) is 0.812. The summed E-state index contributed by atoms with van der Waals surface area (Å²) in [5, 5.41) is 0. The van der Waals surface area contributed by atoms with Gasteiger partial charge in [0.25, 0.3) is 0 Å². The van der Waals surface area contributed by atoms with E-state index in [1.807, 2.05) is 0 Å². The Bertz CT molecular complexity index is 724. The normalized spacial score (nSPS) is 25.2. The third kappa shape index (κ3) is 10.0. The van der Waals surface area contributed by atoms with Crippen LogP contribution in [-0.2, 0) is 6.18 Å². The highest BCUT2D eigenvalue weighted by molar-refractivity contribution is 5.29. The SMILES string of the molecule is CCCCCCCCCCCC1CCC(CCC2CCC(c3ccc(C(F)(F)F)cc3F)CC2)CC1. The van der Waals surface area contributed by atoms with Gasteiger partial charge in [-0.05, 0) is 67.1 Å². The second-order valence-corrected chi connectivity index (χ2v) is 12.0. The molecule has 0 atom stereocenters. The minimum atomic E-state index is -4.48. The van der Waals surface area contributed by atoms with E-state index in [2.05, 4.69) is 6.92 Å². The van der Waals surface area contributed by atoms with E-state index in [1.54, 1.807) is 0 Å². The van der Waals surface area contributed by atoms with Gasteiger partial charge in [0.2, 0.25) is 0 Å². The van der Waals surface area contributed by atoms with Crippen LogP contribution in [0.25, 0.3) is 0 Å². The second-order valence-electron chi connectivity index (χ2n) is 12.0. The molecule has 206 valence electrons. The van der Waals surface area contributed by atoms with E-state index in [-0.39, 0.29) is 5.92 Å². The van der Waals surface area contributed by atoms with Crippen LogP contribution >= 0.6 is 0 Å². The molecule has 0 heterocycles. The molecule has 3 rings (SSSR count). The number of hydrogen-bond donors (Lipinski definition) is 0. The maximum Gasteiger partial charge on any atom is 0.416 e. The minimum Gasteiger partial charge on any atom is -0.207 e. The van der Waals surface area contributed by atoms with Crippen LogP contribution in [0.3, 0.4) is 0 Å². The molecular weight excluding hydrogens is 460 g/mol. The maximum absolute atomic E-state index is 14.4. The van der Waals surface area contributed by atoms with Gasteiger partial charge in [0.1, 0.15) is 5.82 Å². The first-order valence-corrected chi connectivity index (χ1v) is 15.2. The molecule has 36 heavy (non-hydrogen) atoms. The monoisotopic (exact) mass is 510 g/mol. The summed E-state index contributed by atoms with van der Waals surface area (Å²) in [4.78, 5) is 0. The summed E-state index contributed by atoms with van der Waals surface area (Å²) in [6, 6.07) is 3.08. The van der Waals surface area contributed by atoms with Crippen LogP contribution in [-0.4, -0.2) is 0 Å². The predicted molar refractivity (Wildman–Crippen MR) is 143 cm³/mol. The van der Waals surface area contributed by atoms with Gasteiger partial charge < -0.3 is 0 Å². The zero-order chi connectivity index (χ0) is 25.8. The third-order valence-corrected chi connectivity index (χ3v) is 9.28. The number of halogens is 4. The molecule has 2 saturated carbocycles. The smallest absolute Gasteiger partial charge is 0.207 e. The van der Waals surface area contributed by atoms with Gasteiger partial charge in [-0.25, -0.2) is 4.39 Å². The van der Waals surface area contributed by atoms with Crippen molar-refractivity contribution in [2.45, 2.75) is 147 Å². The molecule has 0 bridgehead atoms. The number of alkyl halides is 3. The molecule has 0 radical (unpaired) electrons. The Balaban J connectivity index is 1.24. The second kappa shape index (κ2) is 15.4. The van der Waals surface area contributed by atoms with Crippen molar-refractivity contribution >= 4 is 0 Å². The first kappa shape index (κ1) is 29.5. The first-order valence-electron chi connectivity index (χ1n) is 15.2. The molecule has 2 fully saturated rings. The van der Waals surface area contributed by atoms with Crippen LogP contribution in [0, 0.1) is 23.6 Å². The van der Waals surface area contributed by atoms with Gasteiger partial charge >= 0.3 is 6.18 Å². The lowest BCUT2D eigenvalue weighted by atomic mass is 9.74. The van der Waals surface area contributed by atoms with Gasteiger partial charge in [-0.15, -0.1) is 0 Å². The summed E-state index contributed by atoms with van der Waals surface area (Å²) in [5.41, 5.74) is -0.410. The van der Waals surface area contributed by atoms with E-state index >= 15 is 0 Å². The highest BCUT2D eigenvalue weighted by Gasteiger charge is 2.32. The van der Waals surface area contributed by atoms with Crippen molar-refractivity contribution in [1.82, 2.24) is 0 Å². The Morgan fingerprint density at radius 3 is 1.61 bits per heavy atom. The largest absolute Gasteiger partial charge is 0.416 e. The number of unbranched alkanes of at least 4 members (excludes halogenated alkanes) is 8. The zero-order valence-corrected chi connectivity index (χ0v) is 22.7. The van der Waals surface area contributed by atoms with Crippen molar-refractivity contribution in [2.24, 2.45) is 17.8 Å². The molecule has 0 aromatic heterocycles. The van der Waals surface area contributed by atoms with Crippen LogP contribution < -0.4 is 0 Å². The molecule has 2 aliphatic carbocycles. The Hall–Kier alpha value is -1.06. The van der Waals surface area contributed by atoms with Crippen molar-refractivity contribution in [1.29, 1.82) is 0 Å². The van der Waals surface area contributed by atoms with E-state index in [9.17, 15) is 17.6 Å². The molecular formula is C32H50F4. The van der Waals surface area contributed by atoms with E-state index < -0.39 is 17.6 Å². The van der Waals surface area contributed by atoms with Crippen molar-refractivity contribution < 1.29 is 17.6 Å². The standard InChI is InChI=1S/C32H50F4/c1-2-3-4-5-6-7-8-9-10-11-25-12-14-26(15-13-25)16-17-27-18-20-28(21-19-27)30-23-22-29(24-31(30)33)32(34,35)36/h22-28H,2-21H2,1H3. The van der Waals surface area contributed by atoms with Crippen molar-refractivity contribution in [3.05, 3.63) is 35.1 Å². The lowest BCUT2D eigenvalue weighted by Crippen LogP contribution is -2.18. The van der Waals surface area contributed by atoms with Crippen molar-refractivity contribution in [3.8, 4) is 0 Å². The van der Waals surface area contributed by atoms with E-state index in [0.717, 1.165) is 43.6 Å². The van der Waals surface area contributed by atoms with Crippen LogP contribution in [0.15, 0.2) is 18.2 Å². The highest BCUT2D eigenvalue weighted by atomic mass is 19.4. The maximum atomic E-state index is 14.4. The van der Waals surface area contributed by atoms with Gasteiger partial charge in [0.05, 0.1) is 5.56 Å². The Morgan fingerprint density at radius 2 is 1.11 bits per heavy atom. The van der Waals surface area contributed by atoms with E-state index in [4.69, 9.17) is 0 Å². The third-order valence-electron chi connectivity index (χ3n) is 9.28. The lowest BCUT2D eigenvalue weighted by molar-refractivity contribution is -0.137. The average Bonchev–Trinajstić information content (AvgIpc) is 2.87. The Kier molecular flexibility index (Phi) is 12.6. The molecule has 1 aromatic rings. The Labute approximate surface area is 218 Å². The molecule has 4 heteroatoms. The van der Waals surface area contributed by atoms with Gasteiger partial charge in [0.15, 0.2) is 0 Å². The van der Waals surface area contributed by atoms with Crippen LogP contribution in [0.5, 0.6) is 0 Å². The summed E-state index contributed by atoms with van der Waals surface area (Å²) in [5.74, 6) is 1.93. The Morgan fingerprint density at radius 1 is 0.639 bits per heavy atom. The van der Waals surface area contributed by atoms with Crippen LogP contribution in [0.2, 0.25) is 0 Å². The topological polar surface area (TPSA) is 0 Å². The molecule has 2 aliphatic rings. The molecule has 0 spiro atoms. The summed E-state index contributed by atoms with van der Waals surface area (Å²) < 4.78 is 52.8. The molecule has 0 unspecified atom stereocenters. The van der Waals surface area contributed by atoms with Crippen molar-refractivity contribution in [2.75, 3.05) is 0 Å². The van der Waals surface area contributed by atoms with E-state index in [1.165, 1.54) is 109 Å². The molecule has 1 aromatic carbocycles. The van der Waals surface area contributed by atoms with Gasteiger partial charge in [-0.2, -0.15) is 13.2 Å². The molecule has 0 N–H and O–H groups in total. The summed E-state index contributed by atoms with van der Waals surface area (Å²) in [7, 11) is 0. The van der Waals surface area contributed by atoms with Gasteiger partial charge in [-0.3, -0.25) is 0 Å². The summed E-state index contributed by atoms with van der Waals surface area (Å²) in [6.07, 6.45) is 21.9. The fourth-order valence-corrected chi connectivity index (χ4v) is 6.82. The van der Waals surface area contributed by atoms with Gasteiger partial charge in [0, 0.05) is 0 Å². The van der Waals surface area contributed by atoms with Crippen LogP contribution in [0.4, 0.5) is 17.6 Å². The van der Waals surface area contributed by atoms with Crippen molar-refractivity contribution in [3.63, 3.8) is 0 Å². The number of hydrogen-bond acceptors (Lipinski definition) is 0.